The highest BCUT2D eigenvalue weighted by atomic mass is 32.2. The number of nitrogens with zero attached hydrogens (tertiary/aromatic N) is 1. The van der Waals surface area contributed by atoms with Gasteiger partial charge >= 0.3 is 5.97 Å². The molecule has 6 nitrogen and oxygen atoms in total. The second kappa shape index (κ2) is 7.25. The van der Waals surface area contributed by atoms with Crippen molar-refractivity contribution in [1.29, 1.82) is 0 Å². The van der Waals surface area contributed by atoms with E-state index in [1.807, 2.05) is 0 Å². The van der Waals surface area contributed by atoms with E-state index in [1.54, 1.807) is 11.6 Å². The standard InChI is InChI=1S/C9H13N3O3S2/c10-6(8(14)15)1-3-16-5-7(13)12-9-11-2-4-17-9/h2,4,6H,1,3,5,10H2,(H,14,15)(H,11,12,13). The van der Waals surface area contributed by atoms with E-state index in [-0.39, 0.29) is 11.7 Å². The summed E-state index contributed by atoms with van der Waals surface area (Å²) in [6.07, 6.45) is 1.96. The molecule has 0 aliphatic heterocycles. The molecule has 0 aromatic carbocycles. The molecular weight excluding hydrogens is 262 g/mol. The van der Waals surface area contributed by atoms with Gasteiger partial charge in [0.15, 0.2) is 5.13 Å². The van der Waals surface area contributed by atoms with Crippen LogP contribution in [-0.4, -0.2) is 39.5 Å². The Hall–Kier alpha value is -1.12. The van der Waals surface area contributed by atoms with Gasteiger partial charge in [-0.1, -0.05) is 0 Å². The number of aromatic nitrogens is 1. The number of aliphatic carboxylic acids is 1. The molecule has 0 bridgehead atoms. The molecule has 0 radical (unpaired) electrons. The lowest BCUT2D eigenvalue weighted by atomic mass is 10.2. The average molecular weight is 275 g/mol. The van der Waals surface area contributed by atoms with E-state index in [0.29, 0.717) is 17.3 Å². The van der Waals surface area contributed by atoms with Crippen LogP contribution in [0.3, 0.4) is 0 Å². The first-order valence-electron chi connectivity index (χ1n) is 4.85. The van der Waals surface area contributed by atoms with Crippen molar-refractivity contribution in [2.24, 2.45) is 5.73 Å². The maximum atomic E-state index is 11.4. The number of carbonyl (C=O) groups excluding carboxylic acids is 1. The molecule has 1 heterocycles. The maximum absolute atomic E-state index is 11.4. The number of carbonyl (C=O) groups is 2. The highest BCUT2D eigenvalue weighted by molar-refractivity contribution is 7.99. The third-order valence-electron chi connectivity index (χ3n) is 1.80. The largest absolute Gasteiger partial charge is 0.480 e. The Balaban J connectivity index is 2.10. The summed E-state index contributed by atoms with van der Waals surface area (Å²) in [6.45, 7) is 0. The van der Waals surface area contributed by atoms with Gasteiger partial charge in [0.1, 0.15) is 6.04 Å². The molecule has 94 valence electrons. The molecule has 1 aromatic rings. The topological polar surface area (TPSA) is 105 Å². The van der Waals surface area contributed by atoms with E-state index >= 15 is 0 Å². The van der Waals surface area contributed by atoms with Crippen molar-refractivity contribution in [2.75, 3.05) is 16.8 Å². The number of rotatable bonds is 7. The average Bonchev–Trinajstić information content (AvgIpc) is 2.76. The SMILES string of the molecule is NC(CCSCC(=O)Nc1nccs1)C(=O)O. The molecule has 0 spiro atoms. The predicted octanol–water partition coefficient (Wildman–Crippen LogP) is 0.617. The van der Waals surface area contributed by atoms with Gasteiger partial charge in [0.25, 0.3) is 0 Å². The zero-order valence-electron chi connectivity index (χ0n) is 8.96. The minimum Gasteiger partial charge on any atom is -0.480 e. The van der Waals surface area contributed by atoms with Gasteiger partial charge in [-0.15, -0.1) is 11.3 Å². The van der Waals surface area contributed by atoms with Gasteiger partial charge in [0.05, 0.1) is 5.75 Å². The monoisotopic (exact) mass is 275 g/mol. The van der Waals surface area contributed by atoms with Crippen molar-refractivity contribution < 1.29 is 14.7 Å². The van der Waals surface area contributed by atoms with Crippen molar-refractivity contribution in [2.45, 2.75) is 12.5 Å². The third-order valence-corrected chi connectivity index (χ3v) is 3.48. The molecule has 1 aromatic heterocycles. The van der Waals surface area contributed by atoms with Gasteiger partial charge < -0.3 is 16.2 Å². The van der Waals surface area contributed by atoms with Crippen molar-refractivity contribution >= 4 is 40.1 Å². The molecule has 4 N–H and O–H groups in total. The number of nitrogens with two attached hydrogens (primary N) is 1. The summed E-state index contributed by atoms with van der Waals surface area (Å²) >= 11 is 2.70. The lowest BCUT2D eigenvalue weighted by Crippen LogP contribution is -2.30. The number of hydrogen-bond acceptors (Lipinski definition) is 6. The van der Waals surface area contributed by atoms with Crippen molar-refractivity contribution in [1.82, 2.24) is 4.98 Å². The number of nitrogens with one attached hydrogen (secondary N) is 1. The third kappa shape index (κ3) is 5.66. The number of carboxylic acids is 1. The smallest absolute Gasteiger partial charge is 0.320 e. The van der Waals surface area contributed by atoms with E-state index in [0.717, 1.165) is 0 Å². The Bertz CT molecular complexity index is 370. The Morgan fingerprint density at radius 1 is 1.65 bits per heavy atom. The maximum Gasteiger partial charge on any atom is 0.320 e. The van der Waals surface area contributed by atoms with Crippen LogP contribution >= 0.6 is 23.1 Å². The van der Waals surface area contributed by atoms with Crippen molar-refractivity contribution in [3.8, 4) is 0 Å². The van der Waals surface area contributed by atoms with Crippen LogP contribution in [0, 0.1) is 0 Å². The fraction of sp³-hybridized carbons (Fsp3) is 0.444. The molecule has 0 saturated carbocycles. The Labute approximate surface area is 107 Å². The molecule has 1 rings (SSSR count). The molecule has 1 amide bonds. The summed E-state index contributed by atoms with van der Waals surface area (Å²) in [6, 6.07) is -0.857. The number of amides is 1. The second-order valence-electron chi connectivity index (χ2n) is 3.17. The molecule has 1 unspecified atom stereocenters. The van der Waals surface area contributed by atoms with Gasteiger partial charge in [-0.05, 0) is 12.2 Å². The number of thioether (sulfide) groups is 1. The first kappa shape index (κ1) is 13.9. The quantitative estimate of drug-likeness (QED) is 0.630. The summed E-state index contributed by atoms with van der Waals surface area (Å²) in [7, 11) is 0. The van der Waals surface area contributed by atoms with E-state index in [2.05, 4.69) is 10.3 Å². The number of anilines is 1. The zero-order valence-corrected chi connectivity index (χ0v) is 10.6. The van der Waals surface area contributed by atoms with Crippen LogP contribution in [0.25, 0.3) is 0 Å². The molecular formula is C9H13N3O3S2. The Morgan fingerprint density at radius 2 is 2.41 bits per heavy atom. The first-order chi connectivity index (χ1) is 8.09. The Kier molecular flexibility index (Phi) is 5.95. The molecule has 0 saturated heterocycles. The minimum absolute atomic E-state index is 0.145. The van der Waals surface area contributed by atoms with Crippen LogP contribution in [0.4, 0.5) is 5.13 Å². The Morgan fingerprint density at radius 3 is 3.00 bits per heavy atom. The molecule has 8 heteroatoms. The van der Waals surface area contributed by atoms with Gasteiger partial charge in [-0.2, -0.15) is 11.8 Å². The lowest BCUT2D eigenvalue weighted by Gasteiger charge is -2.05. The van der Waals surface area contributed by atoms with Crippen LogP contribution < -0.4 is 11.1 Å². The van der Waals surface area contributed by atoms with Crippen LogP contribution in [0.15, 0.2) is 11.6 Å². The van der Waals surface area contributed by atoms with Gasteiger partial charge in [-0.25, -0.2) is 4.98 Å². The van der Waals surface area contributed by atoms with E-state index < -0.39 is 12.0 Å². The number of carboxylic acid groups (broad SMARTS) is 1. The molecule has 0 aliphatic carbocycles. The van der Waals surface area contributed by atoms with Crippen LogP contribution in [0.5, 0.6) is 0 Å². The van der Waals surface area contributed by atoms with Crippen molar-refractivity contribution in [3.05, 3.63) is 11.6 Å². The highest BCUT2D eigenvalue weighted by Gasteiger charge is 2.11. The number of thiazole rings is 1. The van der Waals surface area contributed by atoms with E-state index in [9.17, 15) is 9.59 Å². The van der Waals surface area contributed by atoms with Gasteiger partial charge in [-0.3, -0.25) is 9.59 Å². The molecule has 0 fully saturated rings. The second-order valence-corrected chi connectivity index (χ2v) is 5.17. The molecule has 17 heavy (non-hydrogen) atoms. The summed E-state index contributed by atoms with van der Waals surface area (Å²) in [4.78, 5) is 25.7. The fourth-order valence-electron chi connectivity index (χ4n) is 0.939. The van der Waals surface area contributed by atoms with Crippen LogP contribution in [0.1, 0.15) is 6.42 Å². The normalized spacial score (nSPS) is 12.1. The minimum atomic E-state index is -1.02. The summed E-state index contributed by atoms with van der Waals surface area (Å²) in [5.41, 5.74) is 5.32. The summed E-state index contributed by atoms with van der Waals surface area (Å²) in [5.74, 6) is -0.350. The number of hydrogen-bond donors (Lipinski definition) is 3. The van der Waals surface area contributed by atoms with Gasteiger partial charge in [0, 0.05) is 11.6 Å². The van der Waals surface area contributed by atoms with E-state index in [1.165, 1.54) is 23.1 Å². The zero-order chi connectivity index (χ0) is 12.7. The van der Waals surface area contributed by atoms with Crippen molar-refractivity contribution in [3.63, 3.8) is 0 Å². The van der Waals surface area contributed by atoms with Gasteiger partial charge in [0.2, 0.25) is 5.91 Å². The fourth-order valence-corrected chi connectivity index (χ4v) is 2.31. The first-order valence-corrected chi connectivity index (χ1v) is 6.88. The molecule has 1 atom stereocenters. The highest BCUT2D eigenvalue weighted by Crippen LogP contribution is 2.11. The predicted molar refractivity (Wildman–Crippen MR) is 68.3 cm³/mol. The summed E-state index contributed by atoms with van der Waals surface area (Å²) in [5, 5.41) is 13.5. The molecule has 0 aliphatic rings. The summed E-state index contributed by atoms with van der Waals surface area (Å²) < 4.78 is 0. The lowest BCUT2D eigenvalue weighted by molar-refractivity contribution is -0.138. The van der Waals surface area contributed by atoms with Crippen LogP contribution in [-0.2, 0) is 9.59 Å². The van der Waals surface area contributed by atoms with E-state index in [4.69, 9.17) is 10.8 Å². The van der Waals surface area contributed by atoms with Crippen LogP contribution in [0.2, 0.25) is 0 Å².